The van der Waals surface area contributed by atoms with Crippen LogP contribution in [0.25, 0.3) is 5.65 Å². The third kappa shape index (κ3) is 2.75. The van der Waals surface area contributed by atoms with E-state index in [1.165, 1.54) is 7.11 Å². The Bertz CT molecular complexity index is 704. The van der Waals surface area contributed by atoms with Crippen LogP contribution in [0.5, 0.6) is 0 Å². The zero-order chi connectivity index (χ0) is 16.4. The summed E-state index contributed by atoms with van der Waals surface area (Å²) in [5, 5.41) is 12.5. The Morgan fingerprint density at radius 2 is 2.13 bits per heavy atom. The molecule has 1 aliphatic rings. The monoisotopic (exact) mass is 317 g/mol. The number of carbonyl (C=O) groups excluding carboxylic acids is 1. The maximum atomic E-state index is 12.3. The first-order valence-corrected chi connectivity index (χ1v) is 8.10. The van der Waals surface area contributed by atoms with Crippen LogP contribution in [0.1, 0.15) is 38.3 Å². The number of methoxy groups -OCH3 is 1. The van der Waals surface area contributed by atoms with Gasteiger partial charge in [-0.05, 0) is 32.3 Å². The summed E-state index contributed by atoms with van der Waals surface area (Å²) in [7, 11) is 1.48. The zero-order valence-corrected chi connectivity index (χ0v) is 13.9. The van der Waals surface area contributed by atoms with Crippen molar-refractivity contribution in [1.29, 1.82) is 0 Å². The maximum absolute atomic E-state index is 12.3. The smallest absolute Gasteiger partial charge is 0.311 e. The Labute approximate surface area is 135 Å². The largest absolute Gasteiger partial charge is 0.469 e. The standard InChI is InChI=1S/C16H23N5O2/c1-4-5-16(15(22)23-3)6-8-20(9-7-16)13-10-12(2)19-21-11-17-18-14(13)21/h10-11H,4-9H2,1-3H3. The van der Waals surface area contributed by atoms with Crippen LogP contribution in [0.4, 0.5) is 5.69 Å². The molecule has 7 heteroatoms. The van der Waals surface area contributed by atoms with Crippen molar-refractivity contribution in [2.24, 2.45) is 5.41 Å². The second kappa shape index (κ2) is 6.14. The fourth-order valence-corrected chi connectivity index (χ4v) is 3.59. The molecule has 2 aromatic rings. The zero-order valence-electron chi connectivity index (χ0n) is 13.9. The highest BCUT2D eigenvalue weighted by molar-refractivity contribution is 5.77. The second-order valence-electron chi connectivity index (χ2n) is 6.28. The molecule has 0 spiro atoms. The third-order valence-electron chi connectivity index (χ3n) is 4.78. The Hall–Kier alpha value is -2.18. The first-order valence-electron chi connectivity index (χ1n) is 8.10. The number of hydrogen-bond acceptors (Lipinski definition) is 6. The van der Waals surface area contributed by atoms with Gasteiger partial charge in [0.2, 0.25) is 5.65 Å². The molecule has 23 heavy (non-hydrogen) atoms. The van der Waals surface area contributed by atoms with Gasteiger partial charge in [0.15, 0.2) is 0 Å². The van der Waals surface area contributed by atoms with Crippen molar-refractivity contribution >= 4 is 17.3 Å². The van der Waals surface area contributed by atoms with Crippen molar-refractivity contribution in [1.82, 2.24) is 19.8 Å². The summed E-state index contributed by atoms with van der Waals surface area (Å²) >= 11 is 0. The molecule has 124 valence electrons. The lowest BCUT2D eigenvalue weighted by atomic mass is 9.75. The summed E-state index contributed by atoms with van der Waals surface area (Å²) in [4.78, 5) is 14.5. The lowest BCUT2D eigenvalue weighted by Crippen LogP contribution is -2.45. The topological polar surface area (TPSA) is 72.6 Å². The minimum Gasteiger partial charge on any atom is -0.469 e. The van der Waals surface area contributed by atoms with Gasteiger partial charge >= 0.3 is 5.97 Å². The van der Waals surface area contributed by atoms with Gasteiger partial charge in [0, 0.05) is 13.1 Å². The first-order chi connectivity index (χ1) is 11.1. The van der Waals surface area contributed by atoms with E-state index in [0.29, 0.717) is 0 Å². The predicted octanol–water partition coefficient (Wildman–Crippen LogP) is 1.99. The maximum Gasteiger partial charge on any atom is 0.311 e. The number of anilines is 1. The van der Waals surface area contributed by atoms with Gasteiger partial charge in [-0.1, -0.05) is 13.3 Å². The Kier molecular flexibility index (Phi) is 4.19. The highest BCUT2D eigenvalue weighted by Crippen LogP contribution is 2.39. The molecule has 0 radical (unpaired) electrons. The van der Waals surface area contributed by atoms with Gasteiger partial charge in [0.25, 0.3) is 0 Å². The van der Waals surface area contributed by atoms with Crippen molar-refractivity contribution in [3.05, 3.63) is 18.1 Å². The fourth-order valence-electron chi connectivity index (χ4n) is 3.59. The summed E-state index contributed by atoms with van der Waals surface area (Å²) in [6.45, 7) is 5.69. The van der Waals surface area contributed by atoms with E-state index < -0.39 is 0 Å². The van der Waals surface area contributed by atoms with Crippen LogP contribution in [0, 0.1) is 12.3 Å². The predicted molar refractivity (Wildman–Crippen MR) is 86.3 cm³/mol. The molecule has 1 fully saturated rings. The number of hydrogen-bond donors (Lipinski definition) is 0. The number of piperidine rings is 1. The third-order valence-corrected chi connectivity index (χ3v) is 4.78. The van der Waals surface area contributed by atoms with Crippen molar-refractivity contribution in [3.63, 3.8) is 0 Å². The Morgan fingerprint density at radius 1 is 1.39 bits per heavy atom. The molecule has 0 atom stereocenters. The van der Waals surface area contributed by atoms with Gasteiger partial charge in [-0.25, -0.2) is 0 Å². The molecule has 0 amide bonds. The SMILES string of the molecule is CCCC1(C(=O)OC)CCN(c2cc(C)nn3cnnc23)CC1. The van der Waals surface area contributed by atoms with E-state index >= 15 is 0 Å². The molecule has 0 unspecified atom stereocenters. The van der Waals surface area contributed by atoms with Crippen molar-refractivity contribution in [2.45, 2.75) is 39.5 Å². The fraction of sp³-hybridized carbons (Fsp3) is 0.625. The van der Waals surface area contributed by atoms with Crippen molar-refractivity contribution < 1.29 is 9.53 Å². The van der Waals surface area contributed by atoms with Gasteiger partial charge in [-0.3, -0.25) is 4.79 Å². The van der Waals surface area contributed by atoms with Crippen molar-refractivity contribution in [2.75, 3.05) is 25.1 Å². The van der Waals surface area contributed by atoms with Gasteiger partial charge in [0.1, 0.15) is 6.33 Å². The van der Waals surface area contributed by atoms with E-state index in [1.807, 2.05) is 13.0 Å². The van der Waals surface area contributed by atoms with Crippen molar-refractivity contribution in [3.8, 4) is 0 Å². The number of nitrogens with zero attached hydrogens (tertiary/aromatic N) is 5. The molecule has 2 aromatic heterocycles. The van der Waals surface area contributed by atoms with E-state index in [0.717, 1.165) is 55.8 Å². The average Bonchev–Trinajstić information content (AvgIpc) is 3.02. The molecule has 3 rings (SSSR count). The molecular weight excluding hydrogens is 294 g/mol. The van der Waals surface area contributed by atoms with E-state index in [-0.39, 0.29) is 11.4 Å². The first kappa shape index (κ1) is 15.7. The molecular formula is C16H23N5O2. The van der Waals surface area contributed by atoms with Gasteiger partial charge < -0.3 is 9.64 Å². The highest BCUT2D eigenvalue weighted by atomic mass is 16.5. The molecule has 0 aliphatic carbocycles. The highest BCUT2D eigenvalue weighted by Gasteiger charge is 2.41. The van der Waals surface area contributed by atoms with Crippen LogP contribution in [0.2, 0.25) is 0 Å². The van der Waals surface area contributed by atoms with E-state index in [4.69, 9.17) is 4.74 Å². The van der Waals surface area contributed by atoms with Gasteiger partial charge in [0.05, 0.1) is 23.9 Å². The Morgan fingerprint density at radius 3 is 2.78 bits per heavy atom. The van der Waals surface area contributed by atoms with E-state index in [2.05, 4.69) is 27.1 Å². The van der Waals surface area contributed by atoms with E-state index in [9.17, 15) is 4.79 Å². The van der Waals surface area contributed by atoms with Crippen LogP contribution in [-0.2, 0) is 9.53 Å². The van der Waals surface area contributed by atoms with Gasteiger partial charge in [-0.2, -0.15) is 9.61 Å². The number of rotatable bonds is 4. The van der Waals surface area contributed by atoms with Crippen LogP contribution < -0.4 is 4.90 Å². The molecule has 1 saturated heterocycles. The summed E-state index contributed by atoms with van der Waals surface area (Å²) < 4.78 is 6.78. The average molecular weight is 317 g/mol. The number of carbonyl (C=O) groups is 1. The summed E-state index contributed by atoms with van der Waals surface area (Å²) in [6.07, 6.45) is 5.08. The number of ether oxygens (including phenoxy) is 1. The number of fused-ring (bicyclic) bond motifs is 1. The normalized spacial score (nSPS) is 17.4. The van der Waals surface area contributed by atoms with Crippen LogP contribution in [-0.4, -0.2) is 46.0 Å². The summed E-state index contributed by atoms with van der Waals surface area (Å²) in [6, 6.07) is 2.04. The Balaban J connectivity index is 1.85. The lowest BCUT2D eigenvalue weighted by molar-refractivity contribution is -0.154. The molecule has 0 saturated carbocycles. The molecule has 0 bridgehead atoms. The lowest BCUT2D eigenvalue weighted by Gasteiger charge is -2.40. The quantitative estimate of drug-likeness (QED) is 0.803. The molecule has 0 N–H and O–H groups in total. The summed E-state index contributed by atoms with van der Waals surface area (Å²) in [5.41, 5.74) is 2.37. The number of esters is 1. The summed E-state index contributed by atoms with van der Waals surface area (Å²) in [5.74, 6) is -0.0717. The van der Waals surface area contributed by atoms with Gasteiger partial charge in [-0.15, -0.1) is 10.2 Å². The number of aryl methyl sites for hydroxylation is 1. The molecule has 0 aromatic carbocycles. The molecule has 7 nitrogen and oxygen atoms in total. The van der Waals surface area contributed by atoms with Crippen LogP contribution >= 0.6 is 0 Å². The minimum absolute atomic E-state index is 0.0717. The van der Waals surface area contributed by atoms with E-state index in [1.54, 1.807) is 10.8 Å². The molecule has 3 heterocycles. The van der Waals surface area contributed by atoms with Crippen LogP contribution in [0.3, 0.4) is 0 Å². The van der Waals surface area contributed by atoms with Crippen LogP contribution in [0.15, 0.2) is 12.4 Å². The molecule has 1 aliphatic heterocycles. The second-order valence-corrected chi connectivity index (χ2v) is 6.28. The minimum atomic E-state index is -0.341. The number of aromatic nitrogens is 4.